The lowest BCUT2D eigenvalue weighted by Crippen LogP contribution is -2.37. The largest absolute Gasteiger partial charge is 0.504 e. The number of rotatable bonds is 2. The minimum atomic E-state index is 0.0215. The Morgan fingerprint density at radius 1 is 1.37 bits per heavy atom. The molecule has 1 aromatic heterocycles. The molecule has 7 heteroatoms. The van der Waals surface area contributed by atoms with Crippen molar-refractivity contribution in [3.8, 4) is 22.8 Å². The number of nitrogens with one attached hydrogen (secondary N) is 1. The van der Waals surface area contributed by atoms with Gasteiger partial charge in [-0.05, 0) is 38.9 Å². The van der Waals surface area contributed by atoms with Gasteiger partial charge in [-0.25, -0.2) is 4.98 Å². The van der Waals surface area contributed by atoms with Gasteiger partial charge in [0, 0.05) is 30.4 Å². The molecule has 2 aliphatic heterocycles. The second-order valence-corrected chi connectivity index (χ2v) is 7.23. The number of aromatic nitrogens is 2. The van der Waals surface area contributed by atoms with Gasteiger partial charge >= 0.3 is 0 Å². The normalized spacial score (nSPS) is 19.3. The average molecular weight is 368 g/mol. The van der Waals surface area contributed by atoms with Gasteiger partial charge in [0.2, 0.25) is 5.91 Å². The quantitative estimate of drug-likeness (QED) is 0.840. The summed E-state index contributed by atoms with van der Waals surface area (Å²) in [4.78, 5) is 23.6. The molecule has 2 N–H and O–H groups in total. The Morgan fingerprint density at radius 3 is 3.00 bits per heavy atom. The second-order valence-electron chi connectivity index (χ2n) is 7.23. The molecule has 1 fully saturated rings. The van der Waals surface area contributed by atoms with Crippen LogP contribution in [0.3, 0.4) is 0 Å². The number of amides is 1. The molecule has 0 spiro atoms. The van der Waals surface area contributed by atoms with Gasteiger partial charge in [-0.2, -0.15) is 0 Å². The average Bonchev–Trinajstić information content (AvgIpc) is 3.10. The number of carbonyl (C=O) groups excluding carboxylic acids is 1. The number of carbonyl (C=O) groups is 1. The van der Waals surface area contributed by atoms with Crippen LogP contribution in [0, 0.1) is 19.8 Å². The third-order valence-corrected chi connectivity index (χ3v) is 5.19. The van der Waals surface area contributed by atoms with E-state index in [4.69, 9.17) is 4.74 Å². The fourth-order valence-electron chi connectivity index (χ4n) is 3.76. The Labute approximate surface area is 158 Å². The number of hydrogen-bond donors (Lipinski definition) is 2. The summed E-state index contributed by atoms with van der Waals surface area (Å²) in [5.41, 5.74) is 3.91. The van der Waals surface area contributed by atoms with Crippen molar-refractivity contribution in [2.45, 2.75) is 26.8 Å². The molecule has 0 radical (unpaired) electrons. The Morgan fingerprint density at radius 2 is 2.22 bits per heavy atom. The highest BCUT2D eigenvalue weighted by molar-refractivity contribution is 5.80. The van der Waals surface area contributed by atoms with Crippen LogP contribution in [0.4, 0.5) is 0 Å². The van der Waals surface area contributed by atoms with Crippen LogP contribution in [0.25, 0.3) is 11.3 Å². The zero-order valence-electron chi connectivity index (χ0n) is 15.7. The first kappa shape index (κ1) is 17.7. The van der Waals surface area contributed by atoms with Gasteiger partial charge in [0.1, 0.15) is 6.61 Å². The van der Waals surface area contributed by atoms with E-state index in [1.54, 1.807) is 12.3 Å². The summed E-state index contributed by atoms with van der Waals surface area (Å²) in [6, 6.07) is 3.61. The molecule has 4 rings (SSSR count). The first-order valence-corrected chi connectivity index (χ1v) is 9.31. The van der Waals surface area contributed by atoms with Gasteiger partial charge in [-0.1, -0.05) is 0 Å². The molecule has 7 nitrogen and oxygen atoms in total. The van der Waals surface area contributed by atoms with E-state index >= 15 is 0 Å². The summed E-state index contributed by atoms with van der Waals surface area (Å²) in [5.74, 6) is 0.694. The standard InChI is InChI=1S/C20H24N4O3/c1-12-9-22-13(2)18(23-12)15-7-16-11-24(20(26)14-3-4-21-10-14)5-6-27-19(16)17(25)8-15/h7-9,14,21,25H,3-6,10-11H2,1-2H3/t14-/m0/s1. The third-order valence-electron chi connectivity index (χ3n) is 5.19. The minimum absolute atomic E-state index is 0.0215. The van der Waals surface area contributed by atoms with Crippen molar-refractivity contribution >= 4 is 5.91 Å². The van der Waals surface area contributed by atoms with Gasteiger partial charge in [0.15, 0.2) is 11.5 Å². The van der Waals surface area contributed by atoms with Gasteiger partial charge in [-0.15, -0.1) is 0 Å². The zero-order valence-corrected chi connectivity index (χ0v) is 15.7. The summed E-state index contributed by atoms with van der Waals surface area (Å²) in [7, 11) is 0. The molecule has 1 aromatic carbocycles. The maximum atomic E-state index is 12.8. The van der Waals surface area contributed by atoms with Gasteiger partial charge in [0.25, 0.3) is 0 Å². The van der Waals surface area contributed by atoms with E-state index in [1.165, 1.54) is 0 Å². The fourth-order valence-corrected chi connectivity index (χ4v) is 3.76. The van der Waals surface area contributed by atoms with E-state index in [9.17, 15) is 9.90 Å². The summed E-state index contributed by atoms with van der Waals surface area (Å²) in [6.45, 7) is 6.70. The Kier molecular flexibility index (Phi) is 4.70. The van der Waals surface area contributed by atoms with Crippen LogP contribution < -0.4 is 10.1 Å². The SMILES string of the molecule is Cc1cnc(C)c(-c2cc(O)c3c(c2)CN(C(=O)[C@H]2CCNC2)CCO3)n1. The lowest BCUT2D eigenvalue weighted by molar-refractivity contribution is -0.135. The Balaban J connectivity index is 1.69. The van der Waals surface area contributed by atoms with Crippen LogP contribution >= 0.6 is 0 Å². The molecule has 1 saturated heterocycles. The van der Waals surface area contributed by atoms with Crippen LogP contribution in [0.5, 0.6) is 11.5 Å². The molecule has 0 saturated carbocycles. The maximum Gasteiger partial charge on any atom is 0.227 e. The van der Waals surface area contributed by atoms with Crippen LogP contribution in [0.2, 0.25) is 0 Å². The molecule has 142 valence electrons. The predicted molar refractivity (Wildman–Crippen MR) is 100 cm³/mol. The monoisotopic (exact) mass is 368 g/mol. The van der Waals surface area contributed by atoms with E-state index in [0.717, 1.165) is 47.7 Å². The van der Waals surface area contributed by atoms with Gasteiger partial charge in [-0.3, -0.25) is 9.78 Å². The van der Waals surface area contributed by atoms with Gasteiger partial charge in [0.05, 0.1) is 29.5 Å². The van der Waals surface area contributed by atoms with Crippen molar-refractivity contribution in [3.05, 3.63) is 35.3 Å². The highest BCUT2D eigenvalue weighted by Gasteiger charge is 2.30. The lowest BCUT2D eigenvalue weighted by atomic mass is 10.0. The molecule has 1 atom stereocenters. The van der Waals surface area contributed by atoms with Crippen molar-refractivity contribution in [2.24, 2.45) is 5.92 Å². The summed E-state index contributed by atoms with van der Waals surface area (Å²) in [6.07, 6.45) is 2.59. The second kappa shape index (κ2) is 7.15. The van der Waals surface area contributed by atoms with Crippen molar-refractivity contribution in [3.63, 3.8) is 0 Å². The molecule has 1 amide bonds. The highest BCUT2D eigenvalue weighted by atomic mass is 16.5. The first-order valence-electron chi connectivity index (χ1n) is 9.31. The van der Waals surface area contributed by atoms with Crippen LogP contribution in [0.15, 0.2) is 18.3 Å². The number of fused-ring (bicyclic) bond motifs is 1. The van der Waals surface area contributed by atoms with E-state index in [-0.39, 0.29) is 17.6 Å². The molecule has 0 bridgehead atoms. The zero-order chi connectivity index (χ0) is 19.0. The number of phenols is 1. The predicted octanol–water partition coefficient (Wildman–Crippen LogP) is 1.80. The first-order chi connectivity index (χ1) is 13.0. The molecule has 27 heavy (non-hydrogen) atoms. The van der Waals surface area contributed by atoms with E-state index in [2.05, 4.69) is 15.3 Å². The number of nitrogens with zero attached hydrogens (tertiary/aromatic N) is 3. The van der Waals surface area contributed by atoms with Crippen molar-refractivity contribution < 1.29 is 14.6 Å². The van der Waals surface area contributed by atoms with Crippen molar-refractivity contribution in [1.82, 2.24) is 20.2 Å². The molecular weight excluding hydrogens is 344 g/mol. The number of hydrogen-bond acceptors (Lipinski definition) is 6. The maximum absolute atomic E-state index is 12.8. The van der Waals surface area contributed by atoms with Crippen LogP contribution in [0.1, 0.15) is 23.4 Å². The molecule has 2 aliphatic rings. The molecular formula is C20H24N4O3. The van der Waals surface area contributed by atoms with E-state index in [0.29, 0.717) is 25.4 Å². The van der Waals surface area contributed by atoms with E-state index in [1.807, 2.05) is 24.8 Å². The smallest absolute Gasteiger partial charge is 0.227 e. The number of ether oxygens (including phenoxy) is 1. The number of phenolic OH excluding ortho intramolecular Hbond substituents is 1. The topological polar surface area (TPSA) is 87.6 Å². The summed E-state index contributed by atoms with van der Waals surface area (Å²) < 4.78 is 5.77. The number of aryl methyl sites for hydroxylation is 2. The van der Waals surface area contributed by atoms with E-state index < -0.39 is 0 Å². The number of benzene rings is 1. The van der Waals surface area contributed by atoms with Crippen LogP contribution in [-0.2, 0) is 11.3 Å². The molecule has 2 aromatic rings. The van der Waals surface area contributed by atoms with Crippen molar-refractivity contribution in [1.29, 1.82) is 0 Å². The minimum Gasteiger partial charge on any atom is -0.504 e. The summed E-state index contributed by atoms with van der Waals surface area (Å²) >= 11 is 0. The Hall–Kier alpha value is -2.67. The number of aromatic hydroxyl groups is 1. The molecule has 0 unspecified atom stereocenters. The molecule has 3 heterocycles. The Bertz CT molecular complexity index is 878. The third kappa shape index (κ3) is 3.47. The lowest BCUT2D eigenvalue weighted by Gasteiger charge is -2.23. The fraction of sp³-hybridized carbons (Fsp3) is 0.450. The van der Waals surface area contributed by atoms with Crippen LogP contribution in [-0.4, -0.2) is 52.1 Å². The van der Waals surface area contributed by atoms with Gasteiger partial charge < -0.3 is 20.1 Å². The molecule has 0 aliphatic carbocycles. The summed E-state index contributed by atoms with van der Waals surface area (Å²) in [5, 5.41) is 13.8. The highest BCUT2D eigenvalue weighted by Crippen LogP contribution is 2.38. The van der Waals surface area contributed by atoms with Crippen molar-refractivity contribution in [2.75, 3.05) is 26.2 Å².